The average molecular weight is 270 g/mol. The van der Waals surface area contributed by atoms with Crippen LogP contribution < -0.4 is 4.89 Å². The molecule has 100 valence electrons. The summed E-state index contributed by atoms with van der Waals surface area (Å²) in [6.07, 6.45) is -4.82. The molecule has 0 fully saturated rings. The van der Waals surface area contributed by atoms with Gasteiger partial charge in [0, 0.05) is 0 Å². The Kier molecular flexibility index (Phi) is 6.50. The van der Waals surface area contributed by atoms with Gasteiger partial charge in [0.05, 0.1) is 6.54 Å². The second kappa shape index (κ2) is 6.82. The lowest BCUT2D eigenvalue weighted by atomic mass is 10.1. The normalized spacial score (nSPS) is 20.6. The molecule has 0 heterocycles. The van der Waals surface area contributed by atoms with Crippen molar-refractivity contribution in [2.75, 3.05) is 6.54 Å². The van der Waals surface area contributed by atoms with Gasteiger partial charge in [-0.2, -0.15) is 0 Å². The smallest absolute Gasteiger partial charge is 0.233 e. The third kappa shape index (κ3) is 7.18. The van der Waals surface area contributed by atoms with Crippen LogP contribution >= 0.6 is 7.60 Å². The third-order valence-corrected chi connectivity index (χ3v) is 2.26. The molecule has 0 aromatic rings. The Balaban J connectivity index is 4.39. The van der Waals surface area contributed by atoms with Gasteiger partial charge in [0.15, 0.2) is 7.60 Å². The highest BCUT2D eigenvalue weighted by Crippen LogP contribution is 2.30. The van der Waals surface area contributed by atoms with Gasteiger partial charge in [0.2, 0.25) is 6.41 Å². The molecular formula is C7H13NO8P-. The number of hydrogen-bond donors (Lipinski definition) is 5. The molecule has 0 aromatic heterocycles. The van der Waals surface area contributed by atoms with Crippen LogP contribution in [-0.4, -0.2) is 61.8 Å². The topological polar surface area (TPSA) is 162 Å². The summed E-state index contributed by atoms with van der Waals surface area (Å²) >= 11 is 0. The van der Waals surface area contributed by atoms with Crippen molar-refractivity contribution in [3.05, 3.63) is 11.9 Å². The molecule has 0 aromatic carbocycles. The molecule has 4 atom stereocenters. The van der Waals surface area contributed by atoms with Crippen LogP contribution in [0.5, 0.6) is 0 Å². The Morgan fingerprint density at radius 1 is 1.35 bits per heavy atom. The Bertz CT molecular complexity index is 315. The maximum absolute atomic E-state index is 10.3. The molecule has 1 amide bonds. The summed E-state index contributed by atoms with van der Waals surface area (Å²) in [7, 11) is -4.72. The molecule has 0 bridgehead atoms. The number of aliphatic hydroxyl groups is 3. The Hall–Kier alpha value is -0.800. The maximum atomic E-state index is 10.3. The first kappa shape index (κ1) is 16.2. The molecule has 0 saturated heterocycles. The van der Waals surface area contributed by atoms with Crippen molar-refractivity contribution in [1.29, 1.82) is 0 Å². The lowest BCUT2D eigenvalue weighted by Crippen LogP contribution is -2.42. The third-order valence-electron chi connectivity index (χ3n) is 1.71. The second-order valence-electron chi connectivity index (χ2n) is 3.18. The minimum absolute atomic E-state index is 0.0300. The number of hydroxylamine groups is 2. The first-order valence-electron chi connectivity index (χ1n) is 4.35. The fraction of sp³-hybridized carbons (Fsp3) is 0.571. The minimum atomic E-state index is -4.72. The fourth-order valence-electron chi connectivity index (χ4n) is 0.881. The number of hydrogen-bond acceptors (Lipinski definition) is 7. The van der Waals surface area contributed by atoms with Crippen LogP contribution in [-0.2, 0) is 9.36 Å². The highest BCUT2D eigenvalue weighted by Gasteiger charge is 2.24. The monoisotopic (exact) mass is 270 g/mol. The first-order chi connectivity index (χ1) is 7.67. The van der Waals surface area contributed by atoms with E-state index in [1.54, 1.807) is 0 Å². The van der Waals surface area contributed by atoms with Gasteiger partial charge in [0.1, 0.15) is 18.3 Å². The summed E-state index contributed by atoms with van der Waals surface area (Å²) in [6, 6.07) is 0. The largest absolute Gasteiger partial charge is 0.776 e. The van der Waals surface area contributed by atoms with E-state index in [-0.39, 0.29) is 17.3 Å². The summed E-state index contributed by atoms with van der Waals surface area (Å²) in [5, 5.41) is 36.3. The molecule has 0 aliphatic heterocycles. The maximum Gasteiger partial charge on any atom is 0.233 e. The molecule has 0 aliphatic rings. The zero-order valence-electron chi connectivity index (χ0n) is 8.53. The predicted molar refractivity (Wildman–Crippen MR) is 51.5 cm³/mol. The Morgan fingerprint density at radius 3 is 2.29 bits per heavy atom. The molecule has 0 rings (SSSR count). The van der Waals surface area contributed by atoms with Crippen LogP contribution in [0.4, 0.5) is 0 Å². The van der Waals surface area contributed by atoms with Crippen molar-refractivity contribution in [2.45, 2.75) is 18.3 Å². The zero-order valence-corrected chi connectivity index (χ0v) is 9.42. The molecule has 17 heavy (non-hydrogen) atoms. The van der Waals surface area contributed by atoms with Crippen molar-refractivity contribution in [3.8, 4) is 0 Å². The van der Waals surface area contributed by atoms with Crippen LogP contribution in [0.25, 0.3) is 0 Å². The highest BCUT2D eigenvalue weighted by atomic mass is 31.2. The molecule has 5 N–H and O–H groups in total. The fourth-order valence-corrected chi connectivity index (χ4v) is 1.27. The van der Waals surface area contributed by atoms with E-state index in [4.69, 9.17) is 10.1 Å². The average Bonchev–Trinajstić information content (AvgIpc) is 2.23. The van der Waals surface area contributed by atoms with E-state index in [1.807, 2.05) is 0 Å². The number of aliphatic hydroxyl groups excluding tert-OH is 3. The number of amides is 1. The summed E-state index contributed by atoms with van der Waals surface area (Å²) in [5.74, 6) is 0.254. The van der Waals surface area contributed by atoms with Crippen LogP contribution in [0.15, 0.2) is 11.9 Å². The minimum Gasteiger partial charge on any atom is -0.776 e. The van der Waals surface area contributed by atoms with Crippen molar-refractivity contribution in [2.24, 2.45) is 0 Å². The van der Waals surface area contributed by atoms with Gasteiger partial charge in [-0.15, -0.1) is 0 Å². The van der Waals surface area contributed by atoms with Crippen molar-refractivity contribution in [1.82, 2.24) is 5.06 Å². The van der Waals surface area contributed by atoms with Crippen LogP contribution in [0.3, 0.4) is 0 Å². The lowest BCUT2D eigenvalue weighted by Gasteiger charge is -2.23. The molecule has 0 saturated carbocycles. The standard InChI is InChI=1S/C7H14NO8P/c9-4-8(13)3-6(11)7(12)5(10)1-2-17(14,15)16/h1-2,4-7,10-13H,3H2,(H2,14,15,16)/p-1/b2-1+/t5-,6+,7-/m1/s1. The van der Waals surface area contributed by atoms with Gasteiger partial charge in [-0.3, -0.25) is 10.0 Å². The lowest BCUT2D eigenvalue weighted by molar-refractivity contribution is -0.189. The van der Waals surface area contributed by atoms with Crippen LogP contribution in [0, 0.1) is 0 Å². The van der Waals surface area contributed by atoms with Gasteiger partial charge < -0.3 is 29.7 Å². The van der Waals surface area contributed by atoms with E-state index in [0.717, 1.165) is 0 Å². The summed E-state index contributed by atoms with van der Waals surface area (Å²) in [4.78, 5) is 28.6. The molecule has 10 heteroatoms. The van der Waals surface area contributed by atoms with Crippen molar-refractivity contribution >= 4 is 14.0 Å². The molecule has 9 nitrogen and oxygen atoms in total. The Morgan fingerprint density at radius 2 is 1.88 bits per heavy atom. The van der Waals surface area contributed by atoms with Crippen LogP contribution in [0.2, 0.25) is 0 Å². The molecule has 1 unspecified atom stereocenters. The SMILES string of the molecule is O=CN(O)C[C@H](O)[C@H](O)[C@H](O)/C=C/P(=O)([O-])O. The van der Waals surface area contributed by atoms with E-state index >= 15 is 0 Å². The first-order valence-corrected chi connectivity index (χ1v) is 6.00. The summed E-state index contributed by atoms with van der Waals surface area (Å²) in [6.45, 7) is -0.677. The molecule has 0 spiro atoms. The summed E-state index contributed by atoms with van der Waals surface area (Å²) in [5.41, 5.74) is 0. The highest BCUT2D eigenvalue weighted by molar-refractivity contribution is 7.53. The van der Waals surface area contributed by atoms with Crippen LogP contribution in [0.1, 0.15) is 0 Å². The zero-order chi connectivity index (χ0) is 13.6. The molecule has 0 radical (unpaired) electrons. The molecular weight excluding hydrogens is 257 g/mol. The molecule has 0 aliphatic carbocycles. The Labute approximate surface area is 96.3 Å². The van der Waals surface area contributed by atoms with Gasteiger partial charge in [0.25, 0.3) is 0 Å². The van der Waals surface area contributed by atoms with Gasteiger partial charge in [-0.05, 0) is 11.9 Å². The number of carbonyl (C=O) groups excluding carboxylic acids is 1. The van der Waals surface area contributed by atoms with E-state index < -0.39 is 32.5 Å². The van der Waals surface area contributed by atoms with E-state index in [1.165, 1.54) is 0 Å². The summed E-state index contributed by atoms with van der Waals surface area (Å²) < 4.78 is 10.3. The van der Waals surface area contributed by atoms with Gasteiger partial charge in [-0.1, -0.05) is 0 Å². The number of rotatable bonds is 7. The van der Waals surface area contributed by atoms with Crippen molar-refractivity contribution in [3.63, 3.8) is 0 Å². The number of nitrogens with zero attached hydrogens (tertiary/aromatic N) is 1. The predicted octanol–water partition coefficient (Wildman–Crippen LogP) is -3.02. The second-order valence-corrected chi connectivity index (χ2v) is 4.61. The van der Waals surface area contributed by atoms with E-state index in [9.17, 15) is 29.6 Å². The van der Waals surface area contributed by atoms with E-state index in [0.29, 0.717) is 6.08 Å². The van der Waals surface area contributed by atoms with Gasteiger partial charge in [-0.25, -0.2) is 5.06 Å². The van der Waals surface area contributed by atoms with Gasteiger partial charge >= 0.3 is 0 Å². The van der Waals surface area contributed by atoms with Crippen molar-refractivity contribution < 1.29 is 39.7 Å². The quantitative estimate of drug-likeness (QED) is 0.141. The van der Waals surface area contributed by atoms with E-state index in [2.05, 4.69) is 0 Å². The number of carbonyl (C=O) groups is 1.